The van der Waals surface area contributed by atoms with Crippen molar-refractivity contribution >= 4 is 27.6 Å². The molecule has 1 aromatic carbocycles. The number of halogens is 1. The minimum absolute atomic E-state index is 0.00794. The van der Waals surface area contributed by atoms with E-state index in [9.17, 15) is 20.0 Å². The van der Waals surface area contributed by atoms with E-state index in [2.05, 4.69) is 15.9 Å². The third kappa shape index (κ3) is 2.37. The van der Waals surface area contributed by atoms with Gasteiger partial charge in [0.2, 0.25) is 0 Å². The monoisotopic (exact) mass is 289 g/mol. The van der Waals surface area contributed by atoms with Crippen LogP contribution in [0.1, 0.15) is 17.2 Å². The molecule has 0 aliphatic carbocycles. The lowest BCUT2D eigenvalue weighted by Gasteiger charge is -2.10. The van der Waals surface area contributed by atoms with Gasteiger partial charge in [-0.05, 0) is 12.5 Å². The molecule has 2 N–H and O–H groups in total. The molecule has 0 aromatic heterocycles. The Morgan fingerprint density at radius 2 is 2.12 bits per heavy atom. The molecule has 0 amide bonds. The molecule has 0 saturated carbocycles. The lowest BCUT2D eigenvalue weighted by molar-refractivity contribution is -0.385. The van der Waals surface area contributed by atoms with Gasteiger partial charge in [-0.1, -0.05) is 15.9 Å². The normalized spacial score (nSPS) is 12.2. The van der Waals surface area contributed by atoms with E-state index < -0.39 is 17.0 Å². The van der Waals surface area contributed by atoms with Gasteiger partial charge in [0.15, 0.2) is 6.10 Å². The molecule has 1 atom stereocenters. The topological polar surface area (TPSA) is 101 Å². The molecule has 0 fully saturated rings. The Bertz CT molecular complexity index is 459. The fourth-order valence-corrected chi connectivity index (χ4v) is 1.67. The van der Waals surface area contributed by atoms with E-state index in [4.69, 9.17) is 5.11 Å². The first-order valence-electron chi connectivity index (χ1n) is 4.20. The van der Waals surface area contributed by atoms with Crippen LogP contribution in [0, 0.1) is 17.0 Å². The molecule has 1 rings (SSSR count). The van der Waals surface area contributed by atoms with E-state index >= 15 is 0 Å². The van der Waals surface area contributed by atoms with Gasteiger partial charge in [0, 0.05) is 22.2 Å². The van der Waals surface area contributed by atoms with Gasteiger partial charge >= 0.3 is 5.97 Å². The van der Waals surface area contributed by atoms with E-state index in [0.29, 0.717) is 10.0 Å². The van der Waals surface area contributed by atoms with Crippen LogP contribution in [0.3, 0.4) is 0 Å². The Morgan fingerprint density at radius 3 is 2.56 bits per heavy atom. The van der Waals surface area contributed by atoms with Crippen molar-refractivity contribution in [2.45, 2.75) is 13.0 Å². The fraction of sp³-hybridized carbons (Fsp3) is 0.222. The third-order valence-corrected chi connectivity index (χ3v) is 2.93. The number of hydrogen-bond acceptors (Lipinski definition) is 4. The molecule has 1 aromatic rings. The van der Waals surface area contributed by atoms with Crippen molar-refractivity contribution < 1.29 is 19.9 Å². The number of hydrogen-bond donors (Lipinski definition) is 2. The Balaban J connectivity index is 3.37. The lowest BCUT2D eigenvalue weighted by atomic mass is 10.0. The first-order chi connectivity index (χ1) is 7.34. The van der Waals surface area contributed by atoms with Gasteiger partial charge in [-0.15, -0.1) is 0 Å². The largest absolute Gasteiger partial charge is 0.479 e. The molecule has 0 bridgehead atoms. The van der Waals surface area contributed by atoms with Crippen molar-refractivity contribution in [2.24, 2.45) is 0 Å². The second kappa shape index (κ2) is 4.58. The smallest absolute Gasteiger partial charge is 0.337 e. The maximum Gasteiger partial charge on any atom is 0.337 e. The SMILES string of the molecule is Cc1c(Br)cc([N+](=O)[O-])cc1C(O)C(=O)O. The fourth-order valence-electron chi connectivity index (χ4n) is 1.21. The van der Waals surface area contributed by atoms with E-state index in [1.807, 2.05) is 0 Å². The molecule has 0 heterocycles. The Morgan fingerprint density at radius 1 is 1.56 bits per heavy atom. The van der Waals surface area contributed by atoms with Gasteiger partial charge in [0.05, 0.1) is 4.92 Å². The molecule has 0 aliphatic heterocycles. The number of aliphatic hydroxyl groups excluding tert-OH is 1. The van der Waals surface area contributed by atoms with Gasteiger partial charge in [0.25, 0.3) is 5.69 Å². The Kier molecular flexibility index (Phi) is 3.61. The van der Waals surface area contributed by atoms with Crippen LogP contribution in [-0.2, 0) is 4.79 Å². The average Bonchev–Trinajstić information content (AvgIpc) is 2.20. The minimum Gasteiger partial charge on any atom is -0.479 e. The molecule has 0 radical (unpaired) electrons. The van der Waals surface area contributed by atoms with E-state index in [1.165, 1.54) is 6.07 Å². The molecule has 1 unspecified atom stereocenters. The zero-order valence-electron chi connectivity index (χ0n) is 8.18. The number of benzene rings is 1. The second-order valence-electron chi connectivity index (χ2n) is 3.14. The molecular formula is C9H8BrNO5. The lowest BCUT2D eigenvalue weighted by Crippen LogP contribution is -2.12. The van der Waals surface area contributed by atoms with Crippen LogP contribution in [0.25, 0.3) is 0 Å². The van der Waals surface area contributed by atoms with Gasteiger partial charge in [0.1, 0.15) is 0 Å². The molecule has 16 heavy (non-hydrogen) atoms. The van der Waals surface area contributed by atoms with Gasteiger partial charge in [-0.3, -0.25) is 10.1 Å². The summed E-state index contributed by atoms with van der Waals surface area (Å²) in [6.45, 7) is 1.56. The van der Waals surface area contributed by atoms with Crippen LogP contribution < -0.4 is 0 Å². The maximum absolute atomic E-state index is 10.6. The highest BCUT2D eigenvalue weighted by Crippen LogP contribution is 2.30. The predicted octanol–water partition coefficient (Wildman–Crippen LogP) is 1.78. The highest BCUT2D eigenvalue weighted by molar-refractivity contribution is 9.10. The number of carbonyl (C=O) groups is 1. The van der Waals surface area contributed by atoms with Gasteiger partial charge in [-0.25, -0.2) is 4.79 Å². The van der Waals surface area contributed by atoms with E-state index in [-0.39, 0.29) is 11.3 Å². The van der Waals surface area contributed by atoms with Crippen LogP contribution in [-0.4, -0.2) is 21.1 Å². The summed E-state index contributed by atoms with van der Waals surface area (Å²) in [6, 6.07) is 2.31. The first kappa shape index (κ1) is 12.6. The van der Waals surface area contributed by atoms with Crippen molar-refractivity contribution in [3.8, 4) is 0 Å². The number of carboxylic acid groups (broad SMARTS) is 1. The Labute approximate surface area is 98.8 Å². The number of nitro benzene ring substituents is 1. The maximum atomic E-state index is 10.6. The van der Waals surface area contributed by atoms with Gasteiger partial charge in [-0.2, -0.15) is 0 Å². The summed E-state index contributed by atoms with van der Waals surface area (Å²) in [4.78, 5) is 20.5. The number of aliphatic hydroxyl groups is 1. The van der Waals surface area contributed by atoms with Crippen molar-refractivity contribution in [1.29, 1.82) is 0 Å². The molecule has 7 heteroatoms. The van der Waals surface area contributed by atoms with Crippen molar-refractivity contribution in [2.75, 3.05) is 0 Å². The van der Waals surface area contributed by atoms with Crippen LogP contribution >= 0.6 is 15.9 Å². The predicted molar refractivity (Wildman–Crippen MR) is 58.1 cm³/mol. The summed E-state index contributed by atoms with van der Waals surface area (Å²) in [6.07, 6.45) is -1.77. The number of aliphatic carboxylic acids is 1. The van der Waals surface area contributed by atoms with Crippen LogP contribution in [0.2, 0.25) is 0 Å². The van der Waals surface area contributed by atoms with Crippen molar-refractivity contribution in [3.05, 3.63) is 37.8 Å². The average molecular weight is 290 g/mol. The third-order valence-electron chi connectivity index (χ3n) is 2.11. The summed E-state index contributed by atoms with van der Waals surface area (Å²) in [5, 5.41) is 28.6. The molecular weight excluding hydrogens is 282 g/mol. The van der Waals surface area contributed by atoms with Gasteiger partial charge < -0.3 is 10.2 Å². The quantitative estimate of drug-likeness (QED) is 0.652. The molecule has 0 saturated heterocycles. The van der Waals surface area contributed by atoms with E-state index in [1.54, 1.807) is 6.92 Å². The zero-order chi connectivity index (χ0) is 12.5. The molecule has 0 aliphatic rings. The van der Waals surface area contributed by atoms with Crippen LogP contribution in [0.5, 0.6) is 0 Å². The Hall–Kier alpha value is -1.47. The number of rotatable bonds is 3. The van der Waals surface area contributed by atoms with Crippen LogP contribution in [0.15, 0.2) is 16.6 Å². The van der Waals surface area contributed by atoms with Crippen molar-refractivity contribution in [1.82, 2.24) is 0 Å². The number of carboxylic acids is 1. The summed E-state index contributed by atoms with van der Waals surface area (Å²) < 4.78 is 0.386. The standard InChI is InChI=1S/C9H8BrNO5/c1-4-6(8(12)9(13)14)2-5(11(15)16)3-7(4)10/h2-3,8,12H,1H3,(H,13,14). The second-order valence-corrected chi connectivity index (χ2v) is 3.99. The highest BCUT2D eigenvalue weighted by Gasteiger charge is 2.22. The highest BCUT2D eigenvalue weighted by atomic mass is 79.9. The van der Waals surface area contributed by atoms with Crippen LogP contribution in [0.4, 0.5) is 5.69 Å². The number of nitrogens with zero attached hydrogens (tertiary/aromatic N) is 1. The summed E-state index contributed by atoms with van der Waals surface area (Å²) in [7, 11) is 0. The number of nitro groups is 1. The summed E-state index contributed by atoms with van der Waals surface area (Å²) in [5.74, 6) is -1.45. The molecule has 6 nitrogen and oxygen atoms in total. The minimum atomic E-state index is -1.77. The van der Waals surface area contributed by atoms with E-state index in [0.717, 1.165) is 6.07 Å². The zero-order valence-corrected chi connectivity index (χ0v) is 9.76. The number of non-ortho nitro benzene ring substituents is 1. The van der Waals surface area contributed by atoms with Crippen molar-refractivity contribution in [3.63, 3.8) is 0 Å². The molecule has 86 valence electrons. The first-order valence-corrected chi connectivity index (χ1v) is 4.99. The molecule has 0 spiro atoms. The summed E-state index contributed by atoms with van der Waals surface area (Å²) in [5.41, 5.74) is 0.196. The summed E-state index contributed by atoms with van der Waals surface area (Å²) >= 11 is 3.07.